The number of piperazine rings is 1. The Morgan fingerprint density at radius 2 is 1.71 bits per heavy atom. The number of aliphatic carboxylic acids is 2. The molecule has 1 aliphatic rings. The van der Waals surface area contributed by atoms with Gasteiger partial charge in [-0.1, -0.05) is 0 Å². The fourth-order valence-corrected chi connectivity index (χ4v) is 4.43. The third kappa shape index (κ3) is 7.95. The van der Waals surface area contributed by atoms with Crippen LogP contribution < -0.4 is 15.4 Å². The van der Waals surface area contributed by atoms with Gasteiger partial charge in [0.05, 0.1) is 0 Å². The van der Waals surface area contributed by atoms with Gasteiger partial charge >= 0.3 is 11.9 Å². The van der Waals surface area contributed by atoms with Crippen LogP contribution in [0.4, 0.5) is 5.69 Å². The number of carbonyl (C=O) groups is 3. The zero-order valence-corrected chi connectivity index (χ0v) is 23.0. The highest BCUT2D eigenvalue weighted by Gasteiger charge is 2.22. The Morgan fingerprint density at radius 3 is 2.31 bits per heavy atom. The number of nitrogens with zero attached hydrogens (tertiary/aromatic N) is 4. The van der Waals surface area contributed by atoms with E-state index in [4.69, 9.17) is 25.1 Å². The number of rotatable bonds is 9. The van der Waals surface area contributed by atoms with Crippen LogP contribution >= 0.6 is 0 Å². The smallest absolute Gasteiger partial charge is 0.328 e. The van der Waals surface area contributed by atoms with E-state index in [9.17, 15) is 14.4 Å². The molecule has 220 valence electrons. The summed E-state index contributed by atoms with van der Waals surface area (Å²) in [5.74, 6) is -0.761. The molecule has 5 rings (SSSR count). The number of H-pyrrole nitrogens is 1. The van der Waals surface area contributed by atoms with Crippen molar-refractivity contribution in [3.63, 3.8) is 0 Å². The number of carboxylic acids is 2. The number of hydrogen-bond donors (Lipinski definition) is 4. The van der Waals surface area contributed by atoms with Gasteiger partial charge in [0.15, 0.2) is 6.61 Å². The van der Waals surface area contributed by atoms with Crippen LogP contribution in [0.5, 0.6) is 5.75 Å². The van der Waals surface area contributed by atoms with Crippen molar-refractivity contribution in [2.75, 3.05) is 44.2 Å². The molecule has 5 N–H and O–H groups in total. The number of carbonyl (C=O) groups excluding carboxylic acids is 1. The van der Waals surface area contributed by atoms with Gasteiger partial charge in [0.2, 0.25) is 11.8 Å². The van der Waals surface area contributed by atoms with Crippen molar-refractivity contribution in [3.05, 3.63) is 72.3 Å². The van der Waals surface area contributed by atoms with Gasteiger partial charge in [0.1, 0.15) is 5.75 Å². The van der Waals surface area contributed by atoms with Crippen LogP contribution in [0.15, 0.2) is 65.2 Å². The first-order valence-electron chi connectivity index (χ1n) is 13.2. The van der Waals surface area contributed by atoms with Gasteiger partial charge in [-0.3, -0.25) is 4.79 Å². The second-order valence-corrected chi connectivity index (χ2v) is 9.40. The minimum absolute atomic E-state index is 0.00175. The number of nitrogens with two attached hydrogens (primary N) is 1. The first-order chi connectivity index (χ1) is 20.2. The summed E-state index contributed by atoms with van der Waals surface area (Å²) in [4.78, 5) is 39.2. The Hall–Kier alpha value is -5.17. The number of ether oxygens (including phenoxy) is 1. The first kappa shape index (κ1) is 29.8. The standard InChI is InChI=1S/C25H28N6O3.C4H4O4/c1-17-28-29-25(34-17)18-2-4-20(5-3-18)30-10-12-31(13-11-30)24(32)16-33-21-6-7-23-22(14-21)19(8-9-26)15-27-23;5-3(6)1-2-4(7)8/h2-7,14-15,27H,8-13,16,26H2,1H3;1-2H,(H,5,6)(H,7,8)/b;2-1+. The lowest BCUT2D eigenvalue weighted by Crippen LogP contribution is -2.50. The fourth-order valence-electron chi connectivity index (χ4n) is 4.43. The Labute approximate surface area is 241 Å². The van der Waals surface area contributed by atoms with Crippen LogP contribution in [0.1, 0.15) is 11.5 Å². The van der Waals surface area contributed by atoms with E-state index in [0.717, 1.165) is 47.2 Å². The molecule has 0 aliphatic carbocycles. The maximum Gasteiger partial charge on any atom is 0.328 e. The molecule has 2 aromatic carbocycles. The number of aromatic amines is 1. The highest BCUT2D eigenvalue weighted by Crippen LogP contribution is 2.25. The first-order valence-corrected chi connectivity index (χ1v) is 13.2. The zero-order valence-electron chi connectivity index (χ0n) is 23.0. The number of amides is 1. The summed E-state index contributed by atoms with van der Waals surface area (Å²) in [6.07, 6.45) is 3.89. The Bertz CT molecular complexity index is 1540. The molecule has 1 amide bonds. The molecule has 0 unspecified atom stereocenters. The van der Waals surface area contributed by atoms with Crippen molar-refractivity contribution >= 4 is 34.4 Å². The van der Waals surface area contributed by atoms with Crippen LogP contribution in [0, 0.1) is 6.92 Å². The number of aryl methyl sites for hydroxylation is 1. The predicted molar refractivity (Wildman–Crippen MR) is 154 cm³/mol. The van der Waals surface area contributed by atoms with Crippen molar-refractivity contribution in [1.29, 1.82) is 0 Å². The molecule has 13 nitrogen and oxygen atoms in total. The zero-order chi connectivity index (χ0) is 30.1. The van der Waals surface area contributed by atoms with E-state index < -0.39 is 11.9 Å². The largest absolute Gasteiger partial charge is 0.484 e. The van der Waals surface area contributed by atoms with Crippen molar-refractivity contribution in [1.82, 2.24) is 20.1 Å². The van der Waals surface area contributed by atoms with E-state index in [2.05, 4.69) is 20.1 Å². The van der Waals surface area contributed by atoms with Crippen molar-refractivity contribution in [2.24, 2.45) is 5.73 Å². The summed E-state index contributed by atoms with van der Waals surface area (Å²) in [6.45, 7) is 5.24. The number of carboxylic acid groups (broad SMARTS) is 2. The fraction of sp³-hybridized carbons (Fsp3) is 0.276. The van der Waals surface area contributed by atoms with Gasteiger partial charge in [-0.25, -0.2) is 9.59 Å². The average Bonchev–Trinajstić information content (AvgIpc) is 3.61. The molecule has 4 aromatic rings. The van der Waals surface area contributed by atoms with E-state index in [1.165, 1.54) is 0 Å². The van der Waals surface area contributed by atoms with E-state index in [-0.39, 0.29) is 12.5 Å². The summed E-state index contributed by atoms with van der Waals surface area (Å²) in [7, 11) is 0. The number of benzene rings is 2. The van der Waals surface area contributed by atoms with Gasteiger partial charge in [-0.15, -0.1) is 10.2 Å². The molecule has 0 spiro atoms. The number of hydrogen-bond acceptors (Lipinski definition) is 9. The molecule has 1 fully saturated rings. The molecule has 3 heterocycles. The van der Waals surface area contributed by atoms with Crippen molar-refractivity contribution < 1.29 is 33.8 Å². The van der Waals surface area contributed by atoms with Crippen molar-refractivity contribution in [3.8, 4) is 17.2 Å². The Kier molecular flexibility index (Phi) is 9.90. The lowest BCUT2D eigenvalue weighted by Gasteiger charge is -2.36. The molecule has 0 atom stereocenters. The third-order valence-electron chi connectivity index (χ3n) is 6.52. The number of nitrogens with one attached hydrogen (secondary N) is 1. The lowest BCUT2D eigenvalue weighted by molar-refractivity contribution is -0.134. The summed E-state index contributed by atoms with van der Waals surface area (Å²) in [5.41, 5.74) is 9.90. The summed E-state index contributed by atoms with van der Waals surface area (Å²) in [6, 6.07) is 13.9. The van der Waals surface area contributed by atoms with Gasteiger partial charge < -0.3 is 39.9 Å². The summed E-state index contributed by atoms with van der Waals surface area (Å²) in [5, 5.41) is 24.6. The molecular weight excluding hydrogens is 544 g/mol. The second-order valence-electron chi connectivity index (χ2n) is 9.40. The molecule has 42 heavy (non-hydrogen) atoms. The van der Waals surface area contributed by atoms with Crippen LogP contribution in [-0.4, -0.2) is 87.5 Å². The highest BCUT2D eigenvalue weighted by atomic mass is 16.5. The maximum absolute atomic E-state index is 12.7. The number of fused-ring (bicyclic) bond motifs is 1. The number of anilines is 1. The normalized spacial score (nSPS) is 13.2. The molecule has 0 bridgehead atoms. The minimum Gasteiger partial charge on any atom is -0.484 e. The van der Waals surface area contributed by atoms with Crippen LogP contribution in [0.2, 0.25) is 0 Å². The molecule has 2 aromatic heterocycles. The SMILES string of the molecule is Cc1nnc(-c2ccc(N3CCN(C(=O)COc4ccc5[nH]cc(CCN)c5c4)CC3)cc2)o1.O=C(O)/C=C/C(=O)O. The molecule has 0 saturated carbocycles. The number of aromatic nitrogens is 3. The lowest BCUT2D eigenvalue weighted by atomic mass is 10.1. The maximum atomic E-state index is 12.7. The van der Waals surface area contributed by atoms with Crippen LogP contribution in [0.25, 0.3) is 22.4 Å². The average molecular weight is 577 g/mol. The Balaban J connectivity index is 0.000000446. The Morgan fingerprint density at radius 1 is 1.02 bits per heavy atom. The molecule has 13 heteroatoms. The van der Waals surface area contributed by atoms with Crippen LogP contribution in [-0.2, 0) is 20.8 Å². The minimum atomic E-state index is -1.26. The third-order valence-corrected chi connectivity index (χ3v) is 6.52. The van der Waals surface area contributed by atoms with Gasteiger partial charge in [0.25, 0.3) is 5.91 Å². The van der Waals surface area contributed by atoms with Gasteiger partial charge in [-0.2, -0.15) is 0 Å². The summed E-state index contributed by atoms with van der Waals surface area (Å²) >= 11 is 0. The molecular formula is C29H32N6O7. The quantitative estimate of drug-likeness (QED) is 0.214. The second kappa shape index (κ2) is 13.9. The van der Waals surface area contributed by atoms with E-state index in [1.807, 2.05) is 53.6 Å². The molecule has 1 saturated heterocycles. The molecule has 0 radical (unpaired) electrons. The summed E-state index contributed by atoms with van der Waals surface area (Å²) < 4.78 is 11.3. The highest BCUT2D eigenvalue weighted by molar-refractivity contribution is 5.89. The monoisotopic (exact) mass is 576 g/mol. The van der Waals surface area contributed by atoms with E-state index in [1.54, 1.807) is 6.92 Å². The van der Waals surface area contributed by atoms with Crippen molar-refractivity contribution in [2.45, 2.75) is 13.3 Å². The van der Waals surface area contributed by atoms with E-state index in [0.29, 0.717) is 49.3 Å². The van der Waals surface area contributed by atoms with E-state index >= 15 is 0 Å². The van der Waals surface area contributed by atoms with Crippen LogP contribution in [0.3, 0.4) is 0 Å². The topological polar surface area (TPSA) is 188 Å². The van der Waals surface area contributed by atoms with Gasteiger partial charge in [0, 0.05) is 73.6 Å². The molecule has 1 aliphatic heterocycles. The predicted octanol–water partition coefficient (Wildman–Crippen LogP) is 2.47. The van der Waals surface area contributed by atoms with Gasteiger partial charge in [-0.05, 0) is 61.0 Å².